The molecule has 4 heteroatoms. The number of benzene rings is 3. The molecule has 0 amide bonds. The van der Waals surface area contributed by atoms with Crippen LogP contribution in [0, 0.1) is 0 Å². The molecule has 4 nitrogen and oxygen atoms in total. The Balaban J connectivity index is 1.91. The largest absolute Gasteiger partial charge is 0.478 e. The number of carbonyl (C=O) groups is 1. The van der Waals surface area contributed by atoms with Gasteiger partial charge in [0.1, 0.15) is 0 Å². The van der Waals surface area contributed by atoms with Gasteiger partial charge in [-0.2, -0.15) is 0 Å². The second kappa shape index (κ2) is 6.66. The molecule has 114 valence electrons. The van der Waals surface area contributed by atoms with E-state index in [1.54, 1.807) is 18.2 Å². The molecule has 3 aromatic carbocycles. The Labute approximate surface area is 134 Å². The van der Waals surface area contributed by atoms with E-state index in [4.69, 9.17) is 0 Å². The second-order valence-electron chi connectivity index (χ2n) is 5.01. The molecule has 0 saturated carbocycles. The first-order valence-electron chi connectivity index (χ1n) is 7.24. The minimum Gasteiger partial charge on any atom is -0.478 e. The molecular formula is C19H16N2O2. The normalized spacial score (nSPS) is 10.1. The summed E-state index contributed by atoms with van der Waals surface area (Å²) in [4.78, 5) is 11.3. The standard InChI is InChI=1S/C19H16N2O2/c22-19(23)15-10-4-5-11-16(15)21-18-13-7-6-12-17(18)20-14-8-2-1-3-9-14/h1-13,20-21H,(H,22,23). The van der Waals surface area contributed by atoms with E-state index in [9.17, 15) is 9.90 Å². The maximum atomic E-state index is 11.3. The van der Waals surface area contributed by atoms with Gasteiger partial charge in [-0.15, -0.1) is 0 Å². The SMILES string of the molecule is O=C(O)c1ccccc1Nc1ccccc1Nc1ccccc1. The van der Waals surface area contributed by atoms with E-state index in [0.29, 0.717) is 5.69 Å². The summed E-state index contributed by atoms with van der Waals surface area (Å²) in [5.74, 6) is -0.957. The van der Waals surface area contributed by atoms with E-state index in [-0.39, 0.29) is 5.56 Å². The highest BCUT2D eigenvalue weighted by molar-refractivity contribution is 5.96. The van der Waals surface area contributed by atoms with Crippen molar-refractivity contribution in [2.24, 2.45) is 0 Å². The molecule has 3 N–H and O–H groups in total. The molecule has 0 heterocycles. The number of aromatic carboxylic acids is 1. The van der Waals surface area contributed by atoms with Crippen LogP contribution in [0.1, 0.15) is 10.4 Å². The van der Waals surface area contributed by atoms with Crippen LogP contribution in [-0.2, 0) is 0 Å². The Morgan fingerprint density at radius 2 is 1.17 bits per heavy atom. The van der Waals surface area contributed by atoms with Gasteiger partial charge in [-0.05, 0) is 36.4 Å². The smallest absolute Gasteiger partial charge is 0.337 e. The molecule has 0 unspecified atom stereocenters. The van der Waals surface area contributed by atoms with Crippen molar-refractivity contribution in [3.63, 3.8) is 0 Å². The summed E-state index contributed by atoms with van der Waals surface area (Å²) < 4.78 is 0. The number of hydrogen-bond acceptors (Lipinski definition) is 3. The van der Waals surface area contributed by atoms with Crippen LogP contribution in [0.5, 0.6) is 0 Å². The number of rotatable bonds is 5. The topological polar surface area (TPSA) is 61.4 Å². The maximum absolute atomic E-state index is 11.3. The van der Waals surface area contributed by atoms with Crippen LogP contribution in [0.15, 0.2) is 78.9 Å². The first kappa shape index (κ1) is 14.7. The number of anilines is 4. The summed E-state index contributed by atoms with van der Waals surface area (Å²) in [6.07, 6.45) is 0. The summed E-state index contributed by atoms with van der Waals surface area (Å²) in [7, 11) is 0. The molecule has 23 heavy (non-hydrogen) atoms. The molecule has 0 aromatic heterocycles. The average molecular weight is 304 g/mol. The maximum Gasteiger partial charge on any atom is 0.337 e. The van der Waals surface area contributed by atoms with Gasteiger partial charge < -0.3 is 15.7 Å². The van der Waals surface area contributed by atoms with E-state index in [1.165, 1.54) is 0 Å². The van der Waals surface area contributed by atoms with Gasteiger partial charge in [0, 0.05) is 5.69 Å². The zero-order valence-electron chi connectivity index (χ0n) is 12.4. The van der Waals surface area contributed by atoms with Crippen molar-refractivity contribution in [3.8, 4) is 0 Å². The van der Waals surface area contributed by atoms with Crippen LogP contribution >= 0.6 is 0 Å². The van der Waals surface area contributed by atoms with Crippen LogP contribution in [-0.4, -0.2) is 11.1 Å². The molecule has 0 atom stereocenters. The van der Waals surface area contributed by atoms with Gasteiger partial charge >= 0.3 is 5.97 Å². The van der Waals surface area contributed by atoms with Crippen LogP contribution in [0.25, 0.3) is 0 Å². The Morgan fingerprint density at radius 1 is 0.652 bits per heavy atom. The minimum absolute atomic E-state index is 0.238. The van der Waals surface area contributed by atoms with E-state index in [2.05, 4.69) is 10.6 Å². The number of carboxylic acid groups (broad SMARTS) is 1. The van der Waals surface area contributed by atoms with Gasteiger partial charge in [-0.3, -0.25) is 0 Å². The van der Waals surface area contributed by atoms with Gasteiger partial charge in [-0.25, -0.2) is 4.79 Å². The lowest BCUT2D eigenvalue weighted by molar-refractivity contribution is 0.0698. The van der Waals surface area contributed by atoms with E-state index >= 15 is 0 Å². The molecule has 0 aliphatic rings. The molecule has 3 aromatic rings. The fraction of sp³-hybridized carbons (Fsp3) is 0. The zero-order chi connectivity index (χ0) is 16.1. The van der Waals surface area contributed by atoms with Gasteiger partial charge in [-0.1, -0.05) is 42.5 Å². The first-order valence-corrected chi connectivity index (χ1v) is 7.24. The van der Waals surface area contributed by atoms with Crippen molar-refractivity contribution >= 4 is 28.7 Å². The van der Waals surface area contributed by atoms with Crippen LogP contribution in [0.3, 0.4) is 0 Å². The Hall–Kier alpha value is -3.27. The molecular weight excluding hydrogens is 288 g/mol. The zero-order valence-corrected chi connectivity index (χ0v) is 12.4. The Kier molecular flexibility index (Phi) is 4.25. The fourth-order valence-corrected chi connectivity index (χ4v) is 2.30. The lowest BCUT2D eigenvalue weighted by Crippen LogP contribution is -2.03. The van der Waals surface area contributed by atoms with Gasteiger partial charge in [0.2, 0.25) is 0 Å². The van der Waals surface area contributed by atoms with Crippen molar-refractivity contribution in [2.75, 3.05) is 10.6 Å². The molecule has 0 fully saturated rings. The lowest BCUT2D eigenvalue weighted by Gasteiger charge is -2.15. The molecule has 0 spiro atoms. The van der Waals surface area contributed by atoms with Crippen LogP contribution < -0.4 is 10.6 Å². The molecule has 0 aliphatic heterocycles. The average Bonchev–Trinajstić information content (AvgIpc) is 2.58. The third kappa shape index (κ3) is 3.49. The molecule has 0 bridgehead atoms. The van der Waals surface area contributed by atoms with Crippen molar-refractivity contribution in [1.29, 1.82) is 0 Å². The molecule has 0 saturated heterocycles. The molecule has 0 radical (unpaired) electrons. The Bertz CT molecular complexity index is 816. The predicted molar refractivity (Wildman–Crippen MR) is 92.9 cm³/mol. The first-order chi connectivity index (χ1) is 11.2. The monoisotopic (exact) mass is 304 g/mol. The third-order valence-corrected chi connectivity index (χ3v) is 3.41. The summed E-state index contributed by atoms with van der Waals surface area (Å²) in [5, 5.41) is 15.8. The van der Waals surface area contributed by atoms with Crippen molar-refractivity contribution in [2.45, 2.75) is 0 Å². The highest BCUT2D eigenvalue weighted by Crippen LogP contribution is 2.29. The van der Waals surface area contributed by atoms with Gasteiger partial charge in [0.15, 0.2) is 0 Å². The van der Waals surface area contributed by atoms with E-state index < -0.39 is 5.97 Å². The van der Waals surface area contributed by atoms with Crippen LogP contribution in [0.2, 0.25) is 0 Å². The highest BCUT2D eigenvalue weighted by atomic mass is 16.4. The molecule has 3 rings (SSSR count). The second-order valence-corrected chi connectivity index (χ2v) is 5.01. The van der Waals surface area contributed by atoms with Crippen LogP contribution in [0.4, 0.5) is 22.7 Å². The van der Waals surface area contributed by atoms with E-state index in [1.807, 2.05) is 60.7 Å². The van der Waals surface area contributed by atoms with Crippen molar-refractivity contribution in [1.82, 2.24) is 0 Å². The summed E-state index contributed by atoms with van der Waals surface area (Å²) in [6, 6.07) is 24.4. The number of nitrogens with one attached hydrogen (secondary N) is 2. The third-order valence-electron chi connectivity index (χ3n) is 3.41. The van der Waals surface area contributed by atoms with E-state index in [0.717, 1.165) is 17.1 Å². The van der Waals surface area contributed by atoms with Crippen molar-refractivity contribution in [3.05, 3.63) is 84.4 Å². The number of carboxylic acids is 1. The predicted octanol–water partition coefficient (Wildman–Crippen LogP) is 4.87. The fourth-order valence-electron chi connectivity index (χ4n) is 2.30. The highest BCUT2D eigenvalue weighted by Gasteiger charge is 2.10. The number of hydrogen-bond donors (Lipinski definition) is 3. The minimum atomic E-state index is -0.957. The quantitative estimate of drug-likeness (QED) is 0.629. The van der Waals surface area contributed by atoms with Crippen molar-refractivity contribution < 1.29 is 9.90 Å². The summed E-state index contributed by atoms with van der Waals surface area (Å²) in [5.41, 5.74) is 3.45. The summed E-state index contributed by atoms with van der Waals surface area (Å²) >= 11 is 0. The number of para-hydroxylation sites is 4. The Morgan fingerprint density at radius 3 is 1.83 bits per heavy atom. The summed E-state index contributed by atoms with van der Waals surface area (Å²) in [6.45, 7) is 0. The van der Waals surface area contributed by atoms with Gasteiger partial charge in [0.05, 0.1) is 22.6 Å². The van der Waals surface area contributed by atoms with Gasteiger partial charge in [0.25, 0.3) is 0 Å². The lowest BCUT2D eigenvalue weighted by atomic mass is 10.1. The molecule has 0 aliphatic carbocycles.